The van der Waals surface area contributed by atoms with Gasteiger partial charge in [-0.3, -0.25) is 14.5 Å². The number of benzene rings is 2. The monoisotopic (exact) mass is 520 g/mol. The first-order valence-electron chi connectivity index (χ1n) is 12.3. The molecule has 2 amide bonds. The van der Waals surface area contributed by atoms with Crippen LogP contribution in [0.15, 0.2) is 60.2 Å². The van der Waals surface area contributed by atoms with Crippen molar-refractivity contribution in [1.29, 1.82) is 0 Å². The second-order valence-electron chi connectivity index (χ2n) is 10.7. The molecule has 0 spiro atoms. The number of carbonyl (C=O) groups excluding carboxylic acids is 2. The highest BCUT2D eigenvalue weighted by Crippen LogP contribution is 2.55. The zero-order valence-corrected chi connectivity index (χ0v) is 21.8. The molecule has 2 aliphatic heterocycles. The van der Waals surface area contributed by atoms with E-state index >= 15 is 0 Å². The van der Waals surface area contributed by atoms with Crippen molar-refractivity contribution in [2.45, 2.75) is 27.2 Å². The molecule has 0 unspecified atom stereocenters. The Morgan fingerprint density at radius 3 is 2.51 bits per heavy atom. The number of fused-ring (bicyclic) bond motifs is 2. The van der Waals surface area contributed by atoms with Gasteiger partial charge in [0.15, 0.2) is 6.61 Å². The van der Waals surface area contributed by atoms with Crippen molar-refractivity contribution in [3.63, 3.8) is 0 Å². The molecule has 0 saturated carbocycles. The summed E-state index contributed by atoms with van der Waals surface area (Å²) < 4.78 is 5.50. The van der Waals surface area contributed by atoms with Gasteiger partial charge in [0.25, 0.3) is 5.91 Å². The second-order valence-corrected chi connectivity index (χ2v) is 11.1. The summed E-state index contributed by atoms with van der Waals surface area (Å²) in [6.45, 7) is 7.35. The van der Waals surface area contributed by atoms with E-state index in [1.807, 2.05) is 17.0 Å². The van der Waals surface area contributed by atoms with Crippen molar-refractivity contribution in [2.24, 2.45) is 10.8 Å². The van der Waals surface area contributed by atoms with Gasteiger partial charge >= 0.3 is 5.97 Å². The largest absolute Gasteiger partial charge is 0.482 e. The summed E-state index contributed by atoms with van der Waals surface area (Å²) in [4.78, 5) is 40.6. The van der Waals surface area contributed by atoms with E-state index in [1.54, 1.807) is 30.3 Å². The molecule has 8 heteroatoms. The lowest BCUT2D eigenvalue weighted by Gasteiger charge is -2.50. The van der Waals surface area contributed by atoms with Gasteiger partial charge in [0.2, 0.25) is 5.91 Å². The van der Waals surface area contributed by atoms with Crippen molar-refractivity contribution in [3.05, 3.63) is 76.3 Å². The molecular formula is C29H29ClN2O5. The Kier molecular flexibility index (Phi) is 6.15. The molecular weight excluding hydrogens is 492 g/mol. The zero-order chi connectivity index (χ0) is 26.5. The number of amides is 2. The predicted octanol–water partition coefficient (Wildman–Crippen LogP) is 5.05. The number of carbonyl (C=O) groups is 3. The van der Waals surface area contributed by atoms with E-state index in [9.17, 15) is 19.5 Å². The normalized spacial score (nSPS) is 22.3. The van der Waals surface area contributed by atoms with Gasteiger partial charge in [-0.15, -0.1) is 0 Å². The fourth-order valence-electron chi connectivity index (χ4n) is 5.98. The highest BCUT2D eigenvalue weighted by atomic mass is 35.5. The van der Waals surface area contributed by atoms with Crippen LogP contribution in [0.25, 0.3) is 5.57 Å². The fraction of sp³-hybridized carbons (Fsp3) is 0.345. The maximum absolute atomic E-state index is 13.4. The third kappa shape index (κ3) is 4.42. The zero-order valence-electron chi connectivity index (χ0n) is 21.1. The van der Waals surface area contributed by atoms with Gasteiger partial charge in [-0.05, 0) is 47.9 Å². The molecule has 1 N–H and O–H groups in total. The Morgan fingerprint density at radius 1 is 1.08 bits per heavy atom. The Morgan fingerprint density at radius 2 is 1.81 bits per heavy atom. The number of nitrogens with zero attached hydrogens (tertiary/aromatic N) is 2. The Balaban J connectivity index is 1.36. The first kappa shape index (κ1) is 25.1. The highest BCUT2D eigenvalue weighted by Gasteiger charge is 2.46. The molecule has 192 valence electrons. The number of hydrogen-bond donors (Lipinski definition) is 1. The van der Waals surface area contributed by atoms with Crippen LogP contribution in [0.5, 0.6) is 5.75 Å². The van der Waals surface area contributed by atoms with Crippen molar-refractivity contribution < 1.29 is 24.2 Å². The Hall–Kier alpha value is -3.58. The standard InChI is InChI=1S/C29H29ClN2O5/c1-28(2)21(18-4-6-19(7-5-18)27(35)36)10-12-29(3)17-31(13-11-24(28)29)25(33)15-32-22-14-20(30)8-9-23(22)37-16-26(32)34/h4-11,14H,12-13,15-17H2,1-3H3,(H,35,36)/t29-/m1/s1. The molecule has 2 aromatic carbocycles. The van der Waals surface area contributed by atoms with E-state index < -0.39 is 5.97 Å². The van der Waals surface area contributed by atoms with E-state index in [0.717, 1.165) is 17.6 Å². The van der Waals surface area contributed by atoms with E-state index in [-0.39, 0.29) is 41.4 Å². The molecule has 2 aromatic rings. The number of allylic oxidation sites excluding steroid dienone is 2. The average Bonchev–Trinajstić information content (AvgIpc) is 2.85. The van der Waals surface area contributed by atoms with Gasteiger partial charge in [0, 0.05) is 28.9 Å². The lowest BCUT2D eigenvalue weighted by atomic mass is 9.58. The number of hydrogen-bond acceptors (Lipinski definition) is 4. The minimum absolute atomic E-state index is 0.0742. The number of aromatic carboxylic acids is 1. The maximum atomic E-state index is 13.4. The van der Waals surface area contributed by atoms with E-state index in [0.29, 0.717) is 29.5 Å². The van der Waals surface area contributed by atoms with Gasteiger partial charge in [0.1, 0.15) is 12.3 Å². The van der Waals surface area contributed by atoms with Crippen LogP contribution in [-0.2, 0) is 9.59 Å². The van der Waals surface area contributed by atoms with Crippen LogP contribution < -0.4 is 9.64 Å². The van der Waals surface area contributed by atoms with Crippen molar-refractivity contribution in [2.75, 3.05) is 31.1 Å². The van der Waals surface area contributed by atoms with Crippen LogP contribution in [0.4, 0.5) is 5.69 Å². The predicted molar refractivity (Wildman–Crippen MR) is 142 cm³/mol. The smallest absolute Gasteiger partial charge is 0.335 e. The van der Waals surface area contributed by atoms with Crippen molar-refractivity contribution in [1.82, 2.24) is 4.90 Å². The van der Waals surface area contributed by atoms with Gasteiger partial charge in [-0.2, -0.15) is 0 Å². The summed E-state index contributed by atoms with van der Waals surface area (Å²) in [7, 11) is 0. The molecule has 37 heavy (non-hydrogen) atoms. The summed E-state index contributed by atoms with van der Waals surface area (Å²) in [5.74, 6) is -0.814. The number of rotatable bonds is 4. The molecule has 0 radical (unpaired) electrons. The number of anilines is 1. The lowest BCUT2D eigenvalue weighted by molar-refractivity contribution is -0.133. The number of halogens is 1. The molecule has 1 atom stereocenters. The van der Waals surface area contributed by atoms with Gasteiger partial charge in [0.05, 0.1) is 11.3 Å². The summed E-state index contributed by atoms with van der Waals surface area (Å²) >= 11 is 6.15. The minimum Gasteiger partial charge on any atom is -0.482 e. The van der Waals surface area contributed by atoms with E-state index in [1.165, 1.54) is 10.5 Å². The maximum Gasteiger partial charge on any atom is 0.335 e. The Labute approximate surface area is 221 Å². The van der Waals surface area contributed by atoms with Crippen LogP contribution in [-0.4, -0.2) is 54.0 Å². The summed E-state index contributed by atoms with van der Waals surface area (Å²) in [5, 5.41) is 9.71. The summed E-state index contributed by atoms with van der Waals surface area (Å²) in [5.41, 5.74) is 3.65. The second kappa shape index (κ2) is 9.06. The molecule has 3 aliphatic rings. The molecule has 1 aliphatic carbocycles. The molecule has 7 nitrogen and oxygen atoms in total. The number of carboxylic acid groups (broad SMARTS) is 1. The average molecular weight is 521 g/mol. The topological polar surface area (TPSA) is 87.2 Å². The van der Waals surface area contributed by atoms with E-state index in [4.69, 9.17) is 16.3 Å². The third-order valence-corrected chi connectivity index (χ3v) is 8.00. The SMILES string of the molecule is CC1(C)C(c2ccc(C(=O)O)cc2)=CC[C@]2(C)CN(C(=O)CN3C(=O)COc4ccc(Cl)cc43)CC=C12. The third-order valence-electron chi connectivity index (χ3n) is 7.76. The fourth-order valence-corrected chi connectivity index (χ4v) is 6.14. The van der Waals surface area contributed by atoms with Gasteiger partial charge in [-0.25, -0.2) is 4.79 Å². The van der Waals surface area contributed by atoms with Gasteiger partial charge in [-0.1, -0.05) is 62.2 Å². The number of carboxylic acids is 1. The molecule has 0 saturated heterocycles. The van der Waals surface area contributed by atoms with Gasteiger partial charge < -0.3 is 14.7 Å². The quantitative estimate of drug-likeness (QED) is 0.570. The molecule has 5 rings (SSSR count). The first-order chi connectivity index (χ1) is 17.5. The van der Waals surface area contributed by atoms with Crippen molar-refractivity contribution >= 4 is 40.6 Å². The van der Waals surface area contributed by atoms with Crippen LogP contribution >= 0.6 is 11.6 Å². The van der Waals surface area contributed by atoms with Crippen molar-refractivity contribution in [3.8, 4) is 5.75 Å². The first-order valence-corrected chi connectivity index (χ1v) is 12.6. The summed E-state index contributed by atoms with van der Waals surface area (Å²) in [6.07, 6.45) is 5.10. The highest BCUT2D eigenvalue weighted by molar-refractivity contribution is 6.31. The molecule has 0 bridgehead atoms. The van der Waals surface area contributed by atoms with Crippen LogP contribution in [0.3, 0.4) is 0 Å². The molecule has 0 aromatic heterocycles. The summed E-state index contributed by atoms with van der Waals surface area (Å²) in [6, 6.07) is 12.1. The number of ether oxygens (including phenoxy) is 1. The lowest BCUT2D eigenvalue weighted by Crippen LogP contribution is -2.52. The van der Waals surface area contributed by atoms with Crippen LogP contribution in [0.2, 0.25) is 5.02 Å². The minimum atomic E-state index is -0.943. The Bertz CT molecular complexity index is 1360. The molecule has 2 heterocycles. The van der Waals surface area contributed by atoms with Crippen LogP contribution in [0, 0.1) is 10.8 Å². The van der Waals surface area contributed by atoms with E-state index in [2.05, 4.69) is 32.9 Å². The van der Waals surface area contributed by atoms with Crippen LogP contribution in [0.1, 0.15) is 43.1 Å². The molecule has 0 fully saturated rings.